The van der Waals surface area contributed by atoms with E-state index in [2.05, 4.69) is 30.2 Å². The number of hydrogen-bond donors (Lipinski definition) is 3. The highest BCUT2D eigenvalue weighted by molar-refractivity contribution is 6.18. The van der Waals surface area contributed by atoms with Crippen LogP contribution in [0.5, 0.6) is 0 Å². The lowest BCUT2D eigenvalue weighted by atomic mass is 10.0. The number of aliphatic hydroxyl groups excluding tert-OH is 1. The molecule has 0 aromatic carbocycles. The minimum atomic E-state index is -0.820. The smallest absolute Gasteiger partial charge is 0.224 e. The van der Waals surface area contributed by atoms with Gasteiger partial charge in [-0.3, -0.25) is 9.78 Å². The lowest BCUT2D eigenvalue weighted by molar-refractivity contribution is 0.103. The number of fused-ring (bicyclic) bond motifs is 1. The molecule has 4 aromatic rings. The summed E-state index contributed by atoms with van der Waals surface area (Å²) in [5, 5.41) is 12.8. The van der Waals surface area contributed by atoms with Gasteiger partial charge >= 0.3 is 0 Å². The molecule has 8 nitrogen and oxygen atoms in total. The predicted molar refractivity (Wildman–Crippen MR) is 125 cm³/mol. The lowest BCUT2D eigenvalue weighted by Crippen LogP contribution is -2.18. The van der Waals surface area contributed by atoms with E-state index < -0.39 is 11.7 Å². The second-order valence-electron chi connectivity index (χ2n) is 8.72. The largest absolute Gasteiger partial charge is 0.396 e. The maximum atomic E-state index is 15.0. The number of H-pyrrole nitrogens is 1. The van der Waals surface area contributed by atoms with Gasteiger partial charge in [0, 0.05) is 48.8 Å². The molecule has 4 heterocycles. The second kappa shape index (κ2) is 9.26. The van der Waals surface area contributed by atoms with Crippen LogP contribution < -0.4 is 5.32 Å². The van der Waals surface area contributed by atoms with Crippen LogP contribution in [-0.4, -0.2) is 48.5 Å². The minimum Gasteiger partial charge on any atom is -0.396 e. The number of aromatic nitrogens is 5. The highest BCUT2D eigenvalue weighted by atomic mass is 19.1. The fourth-order valence-electron chi connectivity index (χ4n) is 4.01. The average molecular weight is 461 g/mol. The molecule has 0 saturated heterocycles. The fraction of sp³-hybridized carbons (Fsp3) is 0.320. The normalized spacial score (nSPS) is 14.3. The fourth-order valence-corrected chi connectivity index (χ4v) is 4.01. The van der Waals surface area contributed by atoms with Gasteiger partial charge in [0.15, 0.2) is 5.78 Å². The van der Waals surface area contributed by atoms with Crippen LogP contribution in [0.2, 0.25) is 0 Å². The van der Waals surface area contributed by atoms with E-state index in [1.54, 1.807) is 6.07 Å². The molecule has 0 radical (unpaired) electrons. The van der Waals surface area contributed by atoms with Gasteiger partial charge < -0.3 is 15.4 Å². The van der Waals surface area contributed by atoms with Crippen LogP contribution in [0.4, 0.5) is 10.2 Å². The van der Waals surface area contributed by atoms with Crippen molar-refractivity contribution in [1.29, 1.82) is 0 Å². The zero-order chi connectivity index (χ0) is 23.7. The summed E-state index contributed by atoms with van der Waals surface area (Å²) in [6.07, 6.45) is 8.02. The number of nitrogens with one attached hydrogen (secondary N) is 2. The molecule has 5 rings (SSSR count). The third-order valence-corrected chi connectivity index (χ3v) is 6.04. The van der Waals surface area contributed by atoms with Gasteiger partial charge in [-0.25, -0.2) is 15.0 Å². The summed E-state index contributed by atoms with van der Waals surface area (Å²) in [6.45, 7) is 1.92. The Hall–Kier alpha value is -3.72. The molecule has 174 valence electrons. The number of carbonyl (C=O) groups excluding carboxylic acids is 1. The number of aliphatic hydroxyl groups is 1. The van der Waals surface area contributed by atoms with Gasteiger partial charge in [0.1, 0.15) is 17.8 Å². The molecule has 0 bridgehead atoms. The summed E-state index contributed by atoms with van der Waals surface area (Å²) in [5.41, 5.74) is 3.16. The molecule has 0 spiro atoms. The van der Waals surface area contributed by atoms with Crippen molar-refractivity contribution < 1.29 is 14.3 Å². The Morgan fingerprint density at radius 2 is 2.06 bits per heavy atom. The van der Waals surface area contributed by atoms with E-state index in [1.807, 2.05) is 25.3 Å². The topological polar surface area (TPSA) is 117 Å². The zero-order valence-electron chi connectivity index (χ0n) is 18.8. The van der Waals surface area contributed by atoms with Gasteiger partial charge in [-0.15, -0.1) is 0 Å². The van der Waals surface area contributed by atoms with Crippen LogP contribution in [0.25, 0.3) is 11.0 Å². The average Bonchev–Trinajstić information content (AvgIpc) is 3.58. The number of ketones is 1. The Morgan fingerprint density at radius 1 is 1.21 bits per heavy atom. The van der Waals surface area contributed by atoms with Gasteiger partial charge in [0.2, 0.25) is 5.95 Å². The van der Waals surface area contributed by atoms with Crippen molar-refractivity contribution in [3.8, 4) is 0 Å². The van der Waals surface area contributed by atoms with E-state index in [1.165, 1.54) is 31.4 Å². The first-order valence-electron chi connectivity index (χ1n) is 11.4. The molecule has 1 atom stereocenters. The standard InChI is InChI=1S/C25H25FN6O2/c1-14(8-9-33)31-25-21-19(12-28-24(21)29-13-30-25)22(34)18-6-5-17(32-23(18)26)10-15-2-7-20(27-11-15)16-3-4-16/h2,5-7,11-14,16,33H,3-4,8-10H2,1H3,(H2,28,29,30,31). The van der Waals surface area contributed by atoms with Crippen molar-refractivity contribution in [2.45, 2.75) is 44.6 Å². The second-order valence-corrected chi connectivity index (χ2v) is 8.72. The number of nitrogens with zero attached hydrogens (tertiary/aromatic N) is 4. The third-order valence-electron chi connectivity index (χ3n) is 6.04. The molecule has 3 N–H and O–H groups in total. The van der Waals surface area contributed by atoms with Gasteiger partial charge in [0.25, 0.3) is 0 Å². The summed E-state index contributed by atoms with van der Waals surface area (Å²) in [5.74, 6) is -0.300. The summed E-state index contributed by atoms with van der Waals surface area (Å²) in [7, 11) is 0. The van der Waals surface area contributed by atoms with Crippen molar-refractivity contribution in [2.75, 3.05) is 11.9 Å². The third kappa shape index (κ3) is 4.51. The molecular weight excluding hydrogens is 435 g/mol. The van der Waals surface area contributed by atoms with Crippen molar-refractivity contribution in [3.05, 3.63) is 77.0 Å². The Labute approximate surface area is 195 Å². The molecule has 1 aliphatic rings. The van der Waals surface area contributed by atoms with E-state index in [0.29, 0.717) is 41.3 Å². The molecule has 4 aromatic heterocycles. The number of aromatic amines is 1. The van der Waals surface area contributed by atoms with E-state index in [-0.39, 0.29) is 23.8 Å². The van der Waals surface area contributed by atoms with Crippen LogP contribution >= 0.6 is 0 Å². The minimum absolute atomic E-state index is 0.0191. The molecule has 0 aliphatic heterocycles. The van der Waals surface area contributed by atoms with Crippen LogP contribution in [0.3, 0.4) is 0 Å². The number of hydrogen-bond acceptors (Lipinski definition) is 7. The zero-order valence-corrected chi connectivity index (χ0v) is 18.8. The summed E-state index contributed by atoms with van der Waals surface area (Å²) in [6, 6.07) is 7.08. The number of carbonyl (C=O) groups is 1. The van der Waals surface area contributed by atoms with Gasteiger partial charge in [-0.05, 0) is 49.9 Å². The lowest BCUT2D eigenvalue weighted by Gasteiger charge is -2.14. The first-order valence-corrected chi connectivity index (χ1v) is 11.4. The molecule has 1 saturated carbocycles. The highest BCUT2D eigenvalue weighted by Gasteiger charge is 2.25. The van der Waals surface area contributed by atoms with E-state index in [0.717, 1.165) is 11.3 Å². The SMILES string of the molecule is CC(CCO)Nc1ncnc2[nH]cc(C(=O)c3ccc(Cc4ccc(C5CC5)nc4)nc3F)c12. The molecule has 34 heavy (non-hydrogen) atoms. The number of pyridine rings is 2. The van der Waals surface area contributed by atoms with Gasteiger partial charge in [-0.1, -0.05) is 6.07 Å². The van der Waals surface area contributed by atoms with Crippen molar-refractivity contribution >= 4 is 22.6 Å². The monoisotopic (exact) mass is 460 g/mol. The van der Waals surface area contributed by atoms with Gasteiger partial charge in [-0.2, -0.15) is 4.39 Å². The molecular formula is C25H25FN6O2. The van der Waals surface area contributed by atoms with Crippen LogP contribution in [0.15, 0.2) is 43.0 Å². The quantitative estimate of drug-likeness (QED) is 0.257. The summed E-state index contributed by atoms with van der Waals surface area (Å²) in [4.78, 5) is 33.2. The van der Waals surface area contributed by atoms with E-state index in [4.69, 9.17) is 0 Å². The predicted octanol–water partition coefficient (Wildman–Crippen LogP) is 3.77. The molecule has 0 amide bonds. The van der Waals surface area contributed by atoms with Crippen LogP contribution in [0.1, 0.15) is 65.0 Å². The van der Waals surface area contributed by atoms with Crippen LogP contribution in [-0.2, 0) is 6.42 Å². The molecule has 1 aliphatic carbocycles. The van der Waals surface area contributed by atoms with E-state index in [9.17, 15) is 14.3 Å². The molecule has 1 unspecified atom stereocenters. The van der Waals surface area contributed by atoms with Gasteiger partial charge in [0.05, 0.1) is 16.5 Å². The van der Waals surface area contributed by atoms with Crippen molar-refractivity contribution in [3.63, 3.8) is 0 Å². The van der Waals surface area contributed by atoms with Crippen LogP contribution in [0, 0.1) is 5.95 Å². The highest BCUT2D eigenvalue weighted by Crippen LogP contribution is 2.38. The Morgan fingerprint density at radius 3 is 2.76 bits per heavy atom. The number of rotatable bonds is 9. The Balaban J connectivity index is 1.39. The number of anilines is 1. The first kappa shape index (κ1) is 22.1. The maximum Gasteiger partial charge on any atom is 0.224 e. The molecule has 1 fully saturated rings. The molecule has 9 heteroatoms. The Bertz CT molecular complexity index is 1330. The maximum absolute atomic E-state index is 15.0. The summed E-state index contributed by atoms with van der Waals surface area (Å²) < 4.78 is 15.0. The number of halogens is 1. The Kier molecular flexibility index (Phi) is 6.02. The van der Waals surface area contributed by atoms with Crippen molar-refractivity contribution in [1.82, 2.24) is 24.9 Å². The summed E-state index contributed by atoms with van der Waals surface area (Å²) >= 11 is 0. The van der Waals surface area contributed by atoms with E-state index >= 15 is 0 Å². The first-order chi connectivity index (χ1) is 16.5. The van der Waals surface area contributed by atoms with Crippen molar-refractivity contribution in [2.24, 2.45) is 0 Å².